The van der Waals surface area contributed by atoms with E-state index in [0.29, 0.717) is 11.5 Å². The van der Waals surface area contributed by atoms with Crippen LogP contribution in [0.4, 0.5) is 22.0 Å². The van der Waals surface area contributed by atoms with Crippen LogP contribution in [0.5, 0.6) is 11.5 Å². The molecule has 0 aromatic heterocycles. The van der Waals surface area contributed by atoms with Gasteiger partial charge < -0.3 is 9.31 Å². The number of hydrogen-bond donors (Lipinski definition) is 0. The van der Waals surface area contributed by atoms with Gasteiger partial charge in [0.25, 0.3) is 0 Å². The molecule has 0 spiro atoms. The average Bonchev–Trinajstić information content (AvgIpc) is 2.95. The molecule has 1 aliphatic rings. The lowest BCUT2D eigenvalue weighted by Crippen LogP contribution is -2.33. The lowest BCUT2D eigenvalue weighted by molar-refractivity contribution is 0.365. The Kier molecular flexibility index (Phi) is 3.46. The fraction of sp³-hybridized carbons (Fsp3) is 0.143. The third-order valence-corrected chi connectivity index (χ3v) is 3.44. The molecule has 0 N–H and O–H groups in total. The second-order valence-electron chi connectivity index (χ2n) is 4.82. The highest BCUT2D eigenvalue weighted by Gasteiger charge is 2.42. The average molecular weight is 314 g/mol. The van der Waals surface area contributed by atoms with Gasteiger partial charge in [0.1, 0.15) is 11.5 Å². The zero-order chi connectivity index (χ0) is 16.0. The normalized spacial score (nSPS) is 14.4. The summed E-state index contributed by atoms with van der Waals surface area (Å²) in [5.41, 5.74) is -0.964. The molecular formula is C14H8BF5O2. The molecule has 22 heavy (non-hydrogen) atoms. The molecule has 1 atom stereocenters. The maximum Gasteiger partial charge on any atom is 0.602 e. The van der Waals surface area contributed by atoms with Crippen LogP contribution in [0.3, 0.4) is 0 Å². The largest absolute Gasteiger partial charge is 0.602 e. The first kappa shape index (κ1) is 14.7. The molecule has 0 saturated carbocycles. The molecule has 8 heteroatoms. The third kappa shape index (κ3) is 2.10. The predicted octanol–water partition coefficient (Wildman–Crippen LogP) is 3.98. The Hall–Kier alpha value is -2.25. The topological polar surface area (TPSA) is 18.5 Å². The van der Waals surface area contributed by atoms with Crippen LogP contribution < -0.4 is 9.31 Å². The highest BCUT2D eigenvalue weighted by molar-refractivity contribution is 6.49. The van der Waals surface area contributed by atoms with Gasteiger partial charge in [-0.05, 0) is 12.1 Å². The Balaban J connectivity index is 2.00. The van der Waals surface area contributed by atoms with Crippen molar-refractivity contribution in [1.82, 2.24) is 0 Å². The number of benzene rings is 2. The van der Waals surface area contributed by atoms with Gasteiger partial charge in [0.15, 0.2) is 23.3 Å². The van der Waals surface area contributed by atoms with E-state index in [4.69, 9.17) is 9.31 Å². The monoisotopic (exact) mass is 314 g/mol. The summed E-state index contributed by atoms with van der Waals surface area (Å²) < 4.78 is 77.9. The first-order valence-electron chi connectivity index (χ1n) is 6.35. The molecule has 0 saturated heterocycles. The van der Waals surface area contributed by atoms with Crippen LogP contribution in [0.25, 0.3) is 0 Å². The maximum absolute atomic E-state index is 13.8. The number of para-hydroxylation sites is 2. The van der Waals surface area contributed by atoms with Crippen molar-refractivity contribution in [3.05, 3.63) is 58.9 Å². The maximum atomic E-state index is 13.8. The second kappa shape index (κ2) is 5.19. The van der Waals surface area contributed by atoms with E-state index in [-0.39, 0.29) is 0 Å². The zero-order valence-electron chi connectivity index (χ0n) is 11.2. The molecule has 0 radical (unpaired) electrons. The van der Waals surface area contributed by atoms with Gasteiger partial charge in [0.05, 0.1) is 0 Å². The SMILES string of the molecule is CC(B1Oc2ccccc2O1)c1c(F)c(F)c(F)c(F)c1F. The van der Waals surface area contributed by atoms with E-state index in [1.54, 1.807) is 24.3 Å². The van der Waals surface area contributed by atoms with Gasteiger partial charge in [-0.3, -0.25) is 0 Å². The summed E-state index contributed by atoms with van der Waals surface area (Å²) in [4.78, 5) is 0. The van der Waals surface area contributed by atoms with Crippen LogP contribution in [0.15, 0.2) is 24.3 Å². The molecule has 0 bridgehead atoms. The van der Waals surface area contributed by atoms with Crippen LogP contribution in [-0.2, 0) is 0 Å². The van der Waals surface area contributed by atoms with E-state index in [2.05, 4.69) is 0 Å². The molecule has 1 unspecified atom stereocenters. The molecular weight excluding hydrogens is 306 g/mol. The fourth-order valence-electron chi connectivity index (χ4n) is 2.28. The Labute approximate surface area is 122 Å². The van der Waals surface area contributed by atoms with Gasteiger partial charge in [-0.2, -0.15) is 0 Å². The van der Waals surface area contributed by atoms with Crippen LogP contribution in [0.1, 0.15) is 18.3 Å². The quantitative estimate of drug-likeness (QED) is 0.361. The van der Waals surface area contributed by atoms with Crippen molar-refractivity contribution >= 4 is 7.12 Å². The van der Waals surface area contributed by atoms with Gasteiger partial charge in [0, 0.05) is 11.4 Å². The van der Waals surface area contributed by atoms with Crippen molar-refractivity contribution < 1.29 is 31.3 Å². The number of halogens is 5. The fourth-order valence-corrected chi connectivity index (χ4v) is 2.28. The summed E-state index contributed by atoms with van der Waals surface area (Å²) in [5, 5.41) is 0. The van der Waals surface area contributed by atoms with Crippen molar-refractivity contribution in [1.29, 1.82) is 0 Å². The summed E-state index contributed by atoms with van der Waals surface area (Å²) in [6.45, 7) is 1.26. The lowest BCUT2D eigenvalue weighted by atomic mass is 9.69. The minimum absolute atomic E-state index is 0.336. The number of fused-ring (bicyclic) bond motifs is 1. The minimum Gasteiger partial charge on any atom is -0.523 e. The molecule has 2 nitrogen and oxygen atoms in total. The van der Waals surface area contributed by atoms with Crippen molar-refractivity contribution in [2.24, 2.45) is 0 Å². The highest BCUT2D eigenvalue weighted by atomic mass is 19.2. The molecule has 0 fully saturated rings. The Morgan fingerprint density at radius 1 is 0.773 bits per heavy atom. The van der Waals surface area contributed by atoms with Gasteiger partial charge in [0.2, 0.25) is 5.82 Å². The van der Waals surface area contributed by atoms with Gasteiger partial charge in [-0.25, -0.2) is 22.0 Å². The summed E-state index contributed by atoms with van der Waals surface area (Å²) in [7, 11) is -1.19. The van der Waals surface area contributed by atoms with Crippen LogP contribution in [-0.4, -0.2) is 7.12 Å². The van der Waals surface area contributed by atoms with E-state index in [9.17, 15) is 22.0 Å². The van der Waals surface area contributed by atoms with Gasteiger partial charge in [-0.1, -0.05) is 19.1 Å². The first-order chi connectivity index (χ1) is 10.4. The third-order valence-electron chi connectivity index (χ3n) is 3.44. The molecule has 2 aromatic rings. The first-order valence-corrected chi connectivity index (χ1v) is 6.35. The van der Waals surface area contributed by atoms with E-state index < -0.39 is 47.6 Å². The Morgan fingerprint density at radius 2 is 1.18 bits per heavy atom. The highest BCUT2D eigenvalue weighted by Crippen LogP contribution is 2.38. The van der Waals surface area contributed by atoms with Crippen LogP contribution >= 0.6 is 0 Å². The van der Waals surface area contributed by atoms with Crippen molar-refractivity contribution in [3.8, 4) is 11.5 Å². The molecule has 0 aliphatic carbocycles. The van der Waals surface area contributed by atoms with Crippen molar-refractivity contribution in [3.63, 3.8) is 0 Å². The summed E-state index contributed by atoms with van der Waals surface area (Å²) in [6.07, 6.45) is 0. The molecule has 3 rings (SSSR count). The van der Waals surface area contributed by atoms with Gasteiger partial charge in [-0.15, -0.1) is 0 Å². The Morgan fingerprint density at radius 3 is 1.64 bits per heavy atom. The molecule has 1 heterocycles. The number of hydrogen-bond acceptors (Lipinski definition) is 2. The van der Waals surface area contributed by atoms with Crippen LogP contribution in [0.2, 0.25) is 0 Å². The van der Waals surface area contributed by atoms with E-state index in [1.165, 1.54) is 6.92 Å². The minimum atomic E-state index is -2.19. The van der Waals surface area contributed by atoms with Crippen molar-refractivity contribution in [2.75, 3.05) is 0 Å². The van der Waals surface area contributed by atoms with E-state index >= 15 is 0 Å². The molecule has 0 amide bonds. The van der Waals surface area contributed by atoms with Crippen LogP contribution in [0, 0.1) is 29.1 Å². The zero-order valence-corrected chi connectivity index (χ0v) is 11.2. The van der Waals surface area contributed by atoms with Crippen molar-refractivity contribution in [2.45, 2.75) is 12.7 Å². The second-order valence-corrected chi connectivity index (χ2v) is 4.82. The molecule has 114 valence electrons. The summed E-state index contributed by atoms with van der Waals surface area (Å²) >= 11 is 0. The lowest BCUT2D eigenvalue weighted by Gasteiger charge is -2.16. The molecule has 2 aromatic carbocycles. The standard InChI is InChI=1S/C14H8BF5O2/c1-6(15-21-7-4-2-3-5-8(7)22-15)9-10(16)12(18)14(20)13(19)11(9)17/h2-6H,1H3. The van der Waals surface area contributed by atoms with E-state index in [0.717, 1.165) is 0 Å². The number of rotatable bonds is 2. The molecule has 1 aliphatic heterocycles. The predicted molar refractivity (Wildman–Crippen MR) is 68.1 cm³/mol. The summed E-state index contributed by atoms with van der Waals surface area (Å²) in [5.74, 6) is -10.5. The Bertz CT molecular complexity index is 698. The smallest absolute Gasteiger partial charge is 0.523 e. The summed E-state index contributed by atoms with van der Waals surface area (Å²) in [6, 6.07) is 6.46. The van der Waals surface area contributed by atoms with E-state index in [1.807, 2.05) is 0 Å². The van der Waals surface area contributed by atoms with Gasteiger partial charge >= 0.3 is 7.12 Å².